The van der Waals surface area contributed by atoms with Gasteiger partial charge in [-0.1, -0.05) is 6.42 Å². The lowest BCUT2D eigenvalue weighted by Crippen LogP contribution is -2.40. The number of nitrogens with zero attached hydrogens (tertiary/aromatic N) is 5. The minimum atomic E-state index is 0.0523. The van der Waals surface area contributed by atoms with Crippen molar-refractivity contribution in [1.82, 2.24) is 35.2 Å². The molecule has 144 valence electrons. The minimum absolute atomic E-state index is 0.0523. The largest absolute Gasteiger partial charge is 0.337 e. The molecule has 8 nitrogen and oxygen atoms in total. The molecule has 8 heteroatoms. The van der Waals surface area contributed by atoms with E-state index in [1.54, 1.807) is 0 Å². The SMILES string of the molecule is O=C(c1n[nH]c2c1CNCC2)N1CCCC(c2nnc3n2CCCCC3)C1. The average molecular weight is 369 g/mol. The summed E-state index contributed by atoms with van der Waals surface area (Å²) >= 11 is 0. The summed E-state index contributed by atoms with van der Waals surface area (Å²) in [5.74, 6) is 2.53. The van der Waals surface area contributed by atoms with Gasteiger partial charge in [-0.15, -0.1) is 10.2 Å². The van der Waals surface area contributed by atoms with Crippen LogP contribution in [0.2, 0.25) is 0 Å². The molecule has 0 saturated carbocycles. The van der Waals surface area contributed by atoms with Gasteiger partial charge in [0.05, 0.1) is 0 Å². The predicted molar refractivity (Wildman–Crippen MR) is 99.5 cm³/mol. The number of H-pyrrole nitrogens is 1. The summed E-state index contributed by atoms with van der Waals surface area (Å²) < 4.78 is 2.33. The smallest absolute Gasteiger partial charge is 0.274 e. The number of carbonyl (C=O) groups is 1. The first-order valence-electron chi connectivity index (χ1n) is 10.3. The zero-order valence-electron chi connectivity index (χ0n) is 15.7. The Kier molecular flexibility index (Phi) is 4.43. The fraction of sp³-hybridized carbons (Fsp3) is 0.684. The third kappa shape index (κ3) is 3.05. The van der Waals surface area contributed by atoms with E-state index >= 15 is 0 Å². The Hall–Kier alpha value is -2.22. The highest BCUT2D eigenvalue weighted by atomic mass is 16.2. The Morgan fingerprint density at radius 3 is 3.00 bits per heavy atom. The normalized spacial score (nSPS) is 22.8. The van der Waals surface area contributed by atoms with E-state index in [0.29, 0.717) is 12.2 Å². The number of carbonyl (C=O) groups excluding carboxylic acids is 1. The molecule has 0 spiro atoms. The van der Waals surface area contributed by atoms with Crippen LogP contribution >= 0.6 is 0 Å². The summed E-state index contributed by atoms with van der Waals surface area (Å²) in [4.78, 5) is 15.1. The Morgan fingerprint density at radius 1 is 1.07 bits per heavy atom. The topological polar surface area (TPSA) is 91.7 Å². The Labute approximate surface area is 158 Å². The van der Waals surface area contributed by atoms with Gasteiger partial charge in [-0.05, 0) is 25.7 Å². The molecule has 0 bridgehead atoms. The van der Waals surface area contributed by atoms with Crippen LogP contribution in [0.5, 0.6) is 0 Å². The van der Waals surface area contributed by atoms with Gasteiger partial charge in [-0.2, -0.15) is 5.10 Å². The van der Waals surface area contributed by atoms with Crippen molar-refractivity contribution in [1.29, 1.82) is 0 Å². The zero-order valence-corrected chi connectivity index (χ0v) is 15.7. The molecule has 0 aromatic carbocycles. The number of piperidine rings is 1. The van der Waals surface area contributed by atoms with E-state index in [2.05, 4.69) is 30.3 Å². The quantitative estimate of drug-likeness (QED) is 0.835. The van der Waals surface area contributed by atoms with E-state index in [4.69, 9.17) is 0 Å². The number of hydrogen-bond donors (Lipinski definition) is 2. The van der Waals surface area contributed by atoms with E-state index in [0.717, 1.165) is 74.8 Å². The highest BCUT2D eigenvalue weighted by Crippen LogP contribution is 2.29. The maximum absolute atomic E-state index is 13.2. The lowest BCUT2D eigenvalue weighted by Gasteiger charge is -2.32. The number of fused-ring (bicyclic) bond motifs is 2. The van der Waals surface area contributed by atoms with Gasteiger partial charge >= 0.3 is 0 Å². The van der Waals surface area contributed by atoms with Crippen molar-refractivity contribution in [2.75, 3.05) is 19.6 Å². The van der Waals surface area contributed by atoms with Crippen LogP contribution in [0.1, 0.15) is 71.4 Å². The van der Waals surface area contributed by atoms with Crippen LogP contribution in [-0.2, 0) is 25.9 Å². The Bertz CT molecular complexity index is 839. The second kappa shape index (κ2) is 7.07. The van der Waals surface area contributed by atoms with Gasteiger partial charge in [0, 0.05) is 62.7 Å². The van der Waals surface area contributed by atoms with E-state index in [-0.39, 0.29) is 11.8 Å². The number of aromatic nitrogens is 5. The molecule has 3 aliphatic rings. The van der Waals surface area contributed by atoms with Crippen LogP contribution in [0.3, 0.4) is 0 Å². The molecule has 1 amide bonds. The van der Waals surface area contributed by atoms with Gasteiger partial charge in [0.25, 0.3) is 5.91 Å². The molecular weight excluding hydrogens is 342 g/mol. The molecule has 1 unspecified atom stereocenters. The molecule has 1 fully saturated rings. The van der Waals surface area contributed by atoms with Gasteiger partial charge in [0.15, 0.2) is 5.69 Å². The van der Waals surface area contributed by atoms with Crippen LogP contribution in [-0.4, -0.2) is 55.4 Å². The highest BCUT2D eigenvalue weighted by molar-refractivity contribution is 5.94. The summed E-state index contributed by atoms with van der Waals surface area (Å²) in [5.41, 5.74) is 2.75. The predicted octanol–water partition coefficient (Wildman–Crippen LogP) is 1.39. The summed E-state index contributed by atoms with van der Waals surface area (Å²) in [6, 6.07) is 0. The molecule has 27 heavy (non-hydrogen) atoms. The first-order chi connectivity index (χ1) is 13.3. The molecular formula is C19H27N7O. The van der Waals surface area contributed by atoms with Crippen LogP contribution in [0.25, 0.3) is 0 Å². The fourth-order valence-corrected chi connectivity index (χ4v) is 4.73. The first kappa shape index (κ1) is 16.9. The second-order valence-electron chi connectivity index (χ2n) is 7.98. The molecule has 2 aromatic rings. The Morgan fingerprint density at radius 2 is 2.04 bits per heavy atom. The van der Waals surface area contributed by atoms with Crippen molar-refractivity contribution < 1.29 is 4.79 Å². The molecule has 0 radical (unpaired) electrons. The van der Waals surface area contributed by atoms with Crippen LogP contribution in [0.15, 0.2) is 0 Å². The van der Waals surface area contributed by atoms with E-state index in [1.807, 2.05) is 4.90 Å². The maximum atomic E-state index is 13.2. The molecule has 5 heterocycles. The van der Waals surface area contributed by atoms with Gasteiger partial charge < -0.3 is 14.8 Å². The van der Waals surface area contributed by atoms with Crippen LogP contribution in [0, 0.1) is 0 Å². The summed E-state index contributed by atoms with van der Waals surface area (Å²) in [6.45, 7) is 4.19. The van der Waals surface area contributed by atoms with E-state index < -0.39 is 0 Å². The molecule has 2 N–H and O–H groups in total. The second-order valence-corrected chi connectivity index (χ2v) is 7.98. The van der Waals surface area contributed by atoms with Gasteiger partial charge in [-0.3, -0.25) is 9.89 Å². The fourth-order valence-electron chi connectivity index (χ4n) is 4.73. The summed E-state index contributed by atoms with van der Waals surface area (Å²) in [5, 5.41) is 19.8. The number of aromatic amines is 1. The van der Waals surface area contributed by atoms with Gasteiger partial charge in [-0.25, -0.2) is 0 Å². The third-order valence-electron chi connectivity index (χ3n) is 6.22. The van der Waals surface area contributed by atoms with E-state index in [1.165, 1.54) is 19.3 Å². The number of likely N-dealkylation sites (tertiary alicyclic amines) is 1. The highest BCUT2D eigenvalue weighted by Gasteiger charge is 2.32. The van der Waals surface area contributed by atoms with Crippen molar-refractivity contribution in [3.05, 3.63) is 28.6 Å². The number of rotatable bonds is 2. The molecule has 5 rings (SSSR count). The molecule has 2 aromatic heterocycles. The molecule has 1 saturated heterocycles. The third-order valence-corrected chi connectivity index (χ3v) is 6.22. The van der Waals surface area contributed by atoms with Crippen molar-refractivity contribution in [2.45, 2.75) is 64.0 Å². The summed E-state index contributed by atoms with van der Waals surface area (Å²) in [7, 11) is 0. The molecule has 1 atom stereocenters. The van der Waals surface area contributed by atoms with Crippen molar-refractivity contribution in [3.63, 3.8) is 0 Å². The lowest BCUT2D eigenvalue weighted by molar-refractivity contribution is 0.0695. The van der Waals surface area contributed by atoms with Crippen molar-refractivity contribution >= 4 is 5.91 Å². The lowest BCUT2D eigenvalue weighted by atomic mass is 9.96. The standard InChI is InChI=1S/C19H27N7O/c27-19(17-14-11-20-8-7-15(14)21-23-17)25-9-4-5-13(12-25)18-24-22-16-6-2-1-3-10-26(16)18/h13,20H,1-12H2,(H,21,23). The van der Waals surface area contributed by atoms with Crippen molar-refractivity contribution in [2.24, 2.45) is 0 Å². The number of hydrogen-bond acceptors (Lipinski definition) is 5. The van der Waals surface area contributed by atoms with Crippen molar-refractivity contribution in [3.8, 4) is 0 Å². The Balaban J connectivity index is 1.36. The van der Waals surface area contributed by atoms with Gasteiger partial charge in [0.1, 0.15) is 11.6 Å². The molecule has 0 aliphatic carbocycles. The van der Waals surface area contributed by atoms with Crippen LogP contribution in [0.4, 0.5) is 0 Å². The zero-order chi connectivity index (χ0) is 18.2. The number of aryl methyl sites for hydroxylation is 1. The molecule has 3 aliphatic heterocycles. The minimum Gasteiger partial charge on any atom is -0.337 e. The number of amides is 1. The monoisotopic (exact) mass is 369 g/mol. The average Bonchev–Trinajstić information content (AvgIpc) is 3.25. The van der Waals surface area contributed by atoms with Gasteiger partial charge in [0.2, 0.25) is 0 Å². The maximum Gasteiger partial charge on any atom is 0.274 e. The first-order valence-corrected chi connectivity index (χ1v) is 10.3. The van der Waals surface area contributed by atoms with E-state index in [9.17, 15) is 4.79 Å². The van der Waals surface area contributed by atoms with Crippen LogP contribution < -0.4 is 5.32 Å². The number of nitrogens with one attached hydrogen (secondary N) is 2. The summed E-state index contributed by atoms with van der Waals surface area (Å²) in [6.07, 6.45) is 7.66.